The summed E-state index contributed by atoms with van der Waals surface area (Å²) in [5.74, 6) is -3.33. The van der Waals surface area contributed by atoms with Crippen molar-refractivity contribution in [2.24, 2.45) is 0 Å². The van der Waals surface area contributed by atoms with E-state index >= 15 is 0 Å². The van der Waals surface area contributed by atoms with Crippen molar-refractivity contribution in [1.29, 1.82) is 0 Å². The maximum absolute atomic E-state index is 7.90. The van der Waals surface area contributed by atoms with Gasteiger partial charge in [0.1, 0.15) is 0 Å². The molecule has 1 aliphatic heterocycles. The van der Waals surface area contributed by atoms with Crippen LogP contribution in [0.5, 0.6) is 0 Å². The Morgan fingerprint density at radius 2 is 1.22 bits per heavy atom. The number of ether oxygens (including phenoxy) is 2. The summed E-state index contributed by atoms with van der Waals surface area (Å²) in [6, 6.07) is 31.2. The van der Waals surface area contributed by atoms with Gasteiger partial charge in [-0.25, -0.2) is 0 Å². The third-order valence-corrected chi connectivity index (χ3v) is 12.1. The van der Waals surface area contributed by atoms with Crippen molar-refractivity contribution in [1.82, 2.24) is 0 Å². The van der Waals surface area contributed by atoms with Gasteiger partial charge in [-0.05, 0) is 0 Å². The van der Waals surface area contributed by atoms with Crippen molar-refractivity contribution in [2.75, 3.05) is 13.0 Å². The van der Waals surface area contributed by atoms with Crippen LogP contribution >= 0.6 is 17.2 Å². The summed E-state index contributed by atoms with van der Waals surface area (Å²) < 4.78 is 12.1. The molecule has 3 aromatic rings. The van der Waals surface area contributed by atoms with Crippen LogP contribution in [0.25, 0.3) is 0 Å². The van der Waals surface area contributed by atoms with E-state index in [1.165, 1.54) is 0 Å². The number of rotatable bonds is 6. The maximum atomic E-state index is 7.90. The van der Waals surface area contributed by atoms with Gasteiger partial charge in [0.15, 0.2) is 0 Å². The molecule has 1 heterocycles. The Hall–Kier alpha value is -1.70. The first-order valence-corrected chi connectivity index (χ1v) is 12.7. The molecule has 4 rings (SSSR count). The van der Waals surface area contributed by atoms with E-state index in [1.54, 1.807) is 0 Å². The van der Waals surface area contributed by atoms with E-state index in [-0.39, 0.29) is 6.29 Å². The Morgan fingerprint density at radius 1 is 0.778 bits per heavy atom. The second-order valence-corrected chi connectivity index (χ2v) is 13.3. The minimum absolute atomic E-state index is 0.179. The molecule has 0 N–H and O–H groups in total. The number of halogens is 1. The van der Waals surface area contributed by atoms with Gasteiger partial charge in [-0.15, -0.1) is 0 Å². The number of hydrogen-bond donors (Lipinski definition) is 0. The van der Waals surface area contributed by atoms with Gasteiger partial charge in [0.25, 0.3) is 0 Å². The fraction of sp³-hybridized carbons (Fsp3) is 0.217. The molecule has 1 atom stereocenters. The summed E-state index contributed by atoms with van der Waals surface area (Å²) in [6.45, 7) is 0.755. The molecule has 0 amide bonds. The third-order valence-electron chi connectivity index (χ3n) is 5.27. The number of benzene rings is 3. The predicted octanol–water partition coefficient (Wildman–Crippen LogP) is 4.78. The molecular weight excluding hydrogens is 375 g/mol. The van der Waals surface area contributed by atoms with E-state index in [4.69, 9.17) is 20.7 Å². The van der Waals surface area contributed by atoms with Crippen molar-refractivity contribution in [3.63, 3.8) is 0 Å². The Balaban J connectivity index is 1.93. The van der Waals surface area contributed by atoms with Gasteiger partial charge in [0.2, 0.25) is 0 Å². The summed E-state index contributed by atoms with van der Waals surface area (Å²) in [4.78, 5) is 0. The Morgan fingerprint density at radius 3 is 1.59 bits per heavy atom. The molecule has 3 aromatic carbocycles. The van der Waals surface area contributed by atoms with Crippen LogP contribution in [0.15, 0.2) is 91.0 Å². The van der Waals surface area contributed by atoms with Crippen LogP contribution < -0.4 is 15.9 Å². The molecule has 27 heavy (non-hydrogen) atoms. The molecule has 0 bridgehead atoms. The fourth-order valence-electron chi connectivity index (χ4n) is 3.79. The summed E-state index contributed by atoms with van der Waals surface area (Å²) in [6.07, 6.45) is 2.18. The molecular formula is C23H24ClO2P. The van der Waals surface area contributed by atoms with Crippen LogP contribution in [0.2, 0.25) is 0 Å². The topological polar surface area (TPSA) is 18.5 Å². The molecule has 0 aromatic heterocycles. The van der Waals surface area contributed by atoms with Gasteiger partial charge >= 0.3 is 166 Å². The molecule has 0 radical (unpaired) electrons. The number of hydrogen-bond acceptors (Lipinski definition) is 2. The summed E-state index contributed by atoms with van der Waals surface area (Å²) in [7, 11) is 0. The van der Waals surface area contributed by atoms with E-state index < -0.39 is 5.96 Å². The zero-order valence-electron chi connectivity index (χ0n) is 15.2. The molecule has 140 valence electrons. The monoisotopic (exact) mass is 398 g/mol. The third kappa shape index (κ3) is 3.32. The molecule has 1 unspecified atom stereocenters. The van der Waals surface area contributed by atoms with Crippen molar-refractivity contribution >= 4 is 33.1 Å². The van der Waals surface area contributed by atoms with Crippen LogP contribution in [0, 0.1) is 0 Å². The predicted molar refractivity (Wildman–Crippen MR) is 116 cm³/mol. The summed E-state index contributed by atoms with van der Waals surface area (Å²) >= 11 is 7.90. The molecule has 1 fully saturated rings. The first-order valence-electron chi connectivity index (χ1n) is 9.35. The summed E-state index contributed by atoms with van der Waals surface area (Å²) in [5, 5.41) is 3.33. The second-order valence-electron chi connectivity index (χ2n) is 6.93. The van der Waals surface area contributed by atoms with E-state index in [2.05, 4.69) is 72.8 Å². The van der Waals surface area contributed by atoms with Crippen molar-refractivity contribution < 1.29 is 9.47 Å². The second kappa shape index (κ2) is 7.73. The van der Waals surface area contributed by atoms with Gasteiger partial charge in [0, 0.05) is 0 Å². The quantitative estimate of drug-likeness (QED) is 0.556. The van der Waals surface area contributed by atoms with Gasteiger partial charge < -0.3 is 0 Å². The average molecular weight is 399 g/mol. The van der Waals surface area contributed by atoms with E-state index in [0.717, 1.165) is 35.4 Å². The zero-order valence-corrected chi connectivity index (χ0v) is 16.9. The SMILES string of the molecule is ClP(COC1CCCO1)(c1ccccc1)(c1ccccc1)c1ccccc1. The molecule has 0 saturated carbocycles. The Labute approximate surface area is 165 Å². The van der Waals surface area contributed by atoms with Crippen LogP contribution in [0.1, 0.15) is 12.8 Å². The Bertz CT molecular complexity index is 765. The molecule has 0 aliphatic carbocycles. The van der Waals surface area contributed by atoms with Gasteiger partial charge in [-0.3, -0.25) is 0 Å². The van der Waals surface area contributed by atoms with Crippen LogP contribution in [0.3, 0.4) is 0 Å². The van der Waals surface area contributed by atoms with Crippen LogP contribution in [-0.2, 0) is 9.47 Å². The fourth-order valence-corrected chi connectivity index (χ4v) is 9.14. The average Bonchev–Trinajstić information content (AvgIpc) is 3.28. The van der Waals surface area contributed by atoms with Crippen LogP contribution in [-0.4, -0.2) is 19.2 Å². The molecule has 1 saturated heterocycles. The van der Waals surface area contributed by atoms with Gasteiger partial charge in [0.05, 0.1) is 0 Å². The zero-order chi connectivity index (χ0) is 18.6. The molecule has 2 nitrogen and oxygen atoms in total. The standard InChI is InChI=1S/C23H24ClO2P/c24-27(20-11-4-1-5-12-20,21-13-6-2-7-14-21,22-15-8-3-9-16-22)19-26-23-17-10-18-25-23/h1-9,11-16,23H,10,17-19H2. The first kappa shape index (κ1) is 18.7. The van der Waals surface area contributed by atoms with Crippen molar-refractivity contribution in [3.8, 4) is 0 Å². The molecule has 0 spiro atoms. The van der Waals surface area contributed by atoms with E-state index in [1.807, 2.05) is 18.2 Å². The summed E-state index contributed by atoms with van der Waals surface area (Å²) in [5.41, 5.74) is 0. The van der Waals surface area contributed by atoms with Gasteiger partial charge in [-0.1, -0.05) is 0 Å². The van der Waals surface area contributed by atoms with Crippen LogP contribution in [0.4, 0.5) is 0 Å². The molecule has 4 heteroatoms. The van der Waals surface area contributed by atoms with Gasteiger partial charge in [-0.2, -0.15) is 0 Å². The van der Waals surface area contributed by atoms with E-state index in [0.29, 0.717) is 6.35 Å². The Kier molecular flexibility index (Phi) is 5.34. The molecule has 1 aliphatic rings. The normalized spacial score (nSPS) is 18.7. The van der Waals surface area contributed by atoms with Crippen molar-refractivity contribution in [3.05, 3.63) is 91.0 Å². The van der Waals surface area contributed by atoms with E-state index in [9.17, 15) is 0 Å². The first-order chi connectivity index (χ1) is 13.2. The van der Waals surface area contributed by atoms with Crippen molar-refractivity contribution in [2.45, 2.75) is 19.1 Å². The minimum atomic E-state index is -3.33.